The van der Waals surface area contributed by atoms with Crippen molar-refractivity contribution in [2.24, 2.45) is 0 Å². The minimum Gasteiger partial charge on any atom is -0.508 e. The number of hydrogen-bond donors (Lipinski definition) is 3. The summed E-state index contributed by atoms with van der Waals surface area (Å²) in [7, 11) is 0. The van der Waals surface area contributed by atoms with Gasteiger partial charge in [0, 0.05) is 12.2 Å². The van der Waals surface area contributed by atoms with Crippen LogP contribution in [0.4, 0.5) is 5.69 Å². The largest absolute Gasteiger partial charge is 0.508 e. The average Bonchev–Trinajstić information content (AvgIpc) is 2.14. The SMILES string of the molecule is Cc1cc(O)ccc1NCC1(O)CCC1. The first kappa shape index (κ1) is 10.3. The first-order chi connectivity index (χ1) is 7.09. The molecule has 0 spiro atoms. The van der Waals surface area contributed by atoms with Gasteiger partial charge in [0.1, 0.15) is 5.75 Å². The molecule has 0 radical (unpaired) electrons. The third-order valence-corrected chi connectivity index (χ3v) is 3.10. The van der Waals surface area contributed by atoms with E-state index >= 15 is 0 Å². The monoisotopic (exact) mass is 207 g/mol. The Morgan fingerprint density at radius 1 is 1.40 bits per heavy atom. The summed E-state index contributed by atoms with van der Waals surface area (Å²) in [6, 6.07) is 5.21. The Morgan fingerprint density at radius 3 is 2.67 bits per heavy atom. The van der Waals surface area contributed by atoms with E-state index in [0.29, 0.717) is 6.54 Å². The van der Waals surface area contributed by atoms with Gasteiger partial charge in [0.05, 0.1) is 5.60 Å². The molecule has 0 saturated heterocycles. The molecule has 2 rings (SSSR count). The number of benzene rings is 1. The summed E-state index contributed by atoms with van der Waals surface area (Å²) in [5.41, 5.74) is 1.47. The molecule has 3 heteroatoms. The predicted octanol–water partition coefficient (Wildman–Crippen LogP) is 2.03. The highest BCUT2D eigenvalue weighted by Crippen LogP contribution is 2.32. The molecule has 1 aliphatic rings. The number of aliphatic hydroxyl groups is 1. The van der Waals surface area contributed by atoms with Gasteiger partial charge in [0.25, 0.3) is 0 Å². The van der Waals surface area contributed by atoms with Crippen molar-refractivity contribution >= 4 is 5.69 Å². The van der Waals surface area contributed by atoms with Crippen LogP contribution in [0.1, 0.15) is 24.8 Å². The Hall–Kier alpha value is -1.22. The van der Waals surface area contributed by atoms with E-state index < -0.39 is 5.60 Å². The average molecular weight is 207 g/mol. The number of rotatable bonds is 3. The van der Waals surface area contributed by atoms with Crippen molar-refractivity contribution in [3.8, 4) is 5.75 Å². The lowest BCUT2D eigenvalue weighted by molar-refractivity contribution is -0.0202. The molecule has 1 saturated carbocycles. The Labute approximate surface area is 89.8 Å². The third-order valence-electron chi connectivity index (χ3n) is 3.10. The molecule has 0 aliphatic heterocycles. The van der Waals surface area contributed by atoms with Crippen molar-refractivity contribution < 1.29 is 10.2 Å². The quantitative estimate of drug-likeness (QED) is 0.665. The Balaban J connectivity index is 1.98. The van der Waals surface area contributed by atoms with Crippen LogP contribution in [0.2, 0.25) is 0 Å². The maximum Gasteiger partial charge on any atom is 0.115 e. The van der Waals surface area contributed by atoms with Crippen LogP contribution in [0.25, 0.3) is 0 Å². The topological polar surface area (TPSA) is 52.5 Å². The van der Waals surface area contributed by atoms with Crippen molar-refractivity contribution in [3.63, 3.8) is 0 Å². The molecule has 1 aliphatic carbocycles. The van der Waals surface area contributed by atoms with Gasteiger partial charge in [0.15, 0.2) is 0 Å². The summed E-state index contributed by atoms with van der Waals surface area (Å²) >= 11 is 0. The summed E-state index contributed by atoms with van der Waals surface area (Å²) in [6.07, 6.45) is 2.89. The number of phenols is 1. The van der Waals surface area contributed by atoms with E-state index in [2.05, 4.69) is 5.32 Å². The fraction of sp³-hybridized carbons (Fsp3) is 0.500. The lowest BCUT2D eigenvalue weighted by atomic mass is 9.80. The van der Waals surface area contributed by atoms with E-state index in [1.54, 1.807) is 12.1 Å². The number of anilines is 1. The third kappa shape index (κ3) is 2.23. The van der Waals surface area contributed by atoms with Gasteiger partial charge in [-0.15, -0.1) is 0 Å². The Morgan fingerprint density at radius 2 is 2.13 bits per heavy atom. The fourth-order valence-corrected chi connectivity index (χ4v) is 1.87. The van der Waals surface area contributed by atoms with E-state index in [1.165, 1.54) is 0 Å². The number of phenolic OH excluding ortho intramolecular Hbond substituents is 1. The molecule has 82 valence electrons. The minimum absolute atomic E-state index is 0.278. The Kier molecular flexibility index (Phi) is 2.57. The molecule has 1 fully saturated rings. The van der Waals surface area contributed by atoms with Crippen LogP contribution in [-0.2, 0) is 0 Å². The van der Waals surface area contributed by atoms with Crippen LogP contribution in [0, 0.1) is 6.92 Å². The molecule has 0 heterocycles. The van der Waals surface area contributed by atoms with Gasteiger partial charge in [-0.25, -0.2) is 0 Å². The first-order valence-electron chi connectivity index (χ1n) is 5.35. The lowest BCUT2D eigenvalue weighted by Gasteiger charge is -2.37. The van der Waals surface area contributed by atoms with Crippen LogP contribution in [0.3, 0.4) is 0 Å². The van der Waals surface area contributed by atoms with Crippen molar-refractivity contribution in [1.29, 1.82) is 0 Å². The molecular weight excluding hydrogens is 190 g/mol. The number of aryl methyl sites for hydroxylation is 1. The van der Waals surface area contributed by atoms with E-state index in [9.17, 15) is 10.2 Å². The van der Waals surface area contributed by atoms with Gasteiger partial charge in [-0.3, -0.25) is 0 Å². The van der Waals surface area contributed by atoms with Gasteiger partial charge in [-0.1, -0.05) is 0 Å². The van der Waals surface area contributed by atoms with E-state index in [0.717, 1.165) is 30.5 Å². The molecule has 0 atom stereocenters. The highest BCUT2D eigenvalue weighted by Gasteiger charge is 2.33. The van der Waals surface area contributed by atoms with E-state index in [1.807, 2.05) is 13.0 Å². The molecule has 0 aromatic heterocycles. The summed E-state index contributed by atoms with van der Waals surface area (Å²) in [6.45, 7) is 2.53. The van der Waals surface area contributed by atoms with Crippen LogP contribution in [-0.4, -0.2) is 22.4 Å². The second-order valence-electron chi connectivity index (χ2n) is 4.43. The highest BCUT2D eigenvalue weighted by atomic mass is 16.3. The highest BCUT2D eigenvalue weighted by molar-refractivity contribution is 5.53. The summed E-state index contributed by atoms with van der Waals surface area (Å²) < 4.78 is 0. The molecule has 3 nitrogen and oxygen atoms in total. The molecule has 0 unspecified atom stereocenters. The fourth-order valence-electron chi connectivity index (χ4n) is 1.87. The van der Waals surface area contributed by atoms with Crippen molar-refractivity contribution in [2.75, 3.05) is 11.9 Å². The maximum atomic E-state index is 9.90. The second-order valence-corrected chi connectivity index (χ2v) is 4.43. The van der Waals surface area contributed by atoms with Crippen molar-refractivity contribution in [1.82, 2.24) is 0 Å². The van der Waals surface area contributed by atoms with Gasteiger partial charge in [-0.2, -0.15) is 0 Å². The van der Waals surface area contributed by atoms with Gasteiger partial charge < -0.3 is 15.5 Å². The summed E-state index contributed by atoms with van der Waals surface area (Å²) in [5, 5.41) is 22.4. The molecular formula is C12H17NO2. The molecule has 1 aromatic rings. The maximum absolute atomic E-state index is 9.90. The van der Waals surface area contributed by atoms with Gasteiger partial charge in [-0.05, 0) is 49.9 Å². The first-order valence-corrected chi connectivity index (χ1v) is 5.35. The lowest BCUT2D eigenvalue weighted by Crippen LogP contribution is -2.43. The smallest absolute Gasteiger partial charge is 0.115 e. The normalized spacial score (nSPS) is 18.3. The number of nitrogens with one attached hydrogen (secondary N) is 1. The molecule has 3 N–H and O–H groups in total. The van der Waals surface area contributed by atoms with Crippen molar-refractivity contribution in [2.45, 2.75) is 31.8 Å². The number of hydrogen-bond acceptors (Lipinski definition) is 3. The molecule has 0 amide bonds. The zero-order chi connectivity index (χ0) is 10.9. The van der Waals surface area contributed by atoms with Crippen LogP contribution in [0.15, 0.2) is 18.2 Å². The molecule has 0 bridgehead atoms. The summed E-state index contributed by atoms with van der Waals surface area (Å²) in [5.74, 6) is 0.278. The van der Waals surface area contributed by atoms with Crippen LogP contribution in [0.5, 0.6) is 5.75 Å². The van der Waals surface area contributed by atoms with Gasteiger partial charge in [0.2, 0.25) is 0 Å². The van der Waals surface area contributed by atoms with E-state index in [-0.39, 0.29) is 5.75 Å². The Bertz CT molecular complexity index is 359. The van der Waals surface area contributed by atoms with Gasteiger partial charge >= 0.3 is 0 Å². The zero-order valence-electron chi connectivity index (χ0n) is 8.95. The standard InChI is InChI=1S/C12H17NO2/c1-9-7-10(14)3-4-11(9)13-8-12(15)5-2-6-12/h3-4,7,13-15H,2,5-6,8H2,1H3. The van der Waals surface area contributed by atoms with Crippen molar-refractivity contribution in [3.05, 3.63) is 23.8 Å². The van der Waals surface area contributed by atoms with Crippen LogP contribution >= 0.6 is 0 Å². The molecule has 15 heavy (non-hydrogen) atoms. The summed E-state index contributed by atoms with van der Waals surface area (Å²) in [4.78, 5) is 0. The minimum atomic E-state index is -0.510. The van der Waals surface area contributed by atoms with Crippen LogP contribution < -0.4 is 5.32 Å². The van der Waals surface area contributed by atoms with E-state index in [4.69, 9.17) is 0 Å². The predicted molar refractivity (Wildman–Crippen MR) is 60.1 cm³/mol. The molecule has 1 aromatic carbocycles. The number of aromatic hydroxyl groups is 1. The zero-order valence-corrected chi connectivity index (χ0v) is 8.95. The second kappa shape index (κ2) is 3.74.